The highest BCUT2D eigenvalue weighted by Gasteiger charge is 2.06. The van der Waals surface area contributed by atoms with Crippen LogP contribution >= 0.6 is 0 Å². The third kappa shape index (κ3) is 2.36. The van der Waals surface area contributed by atoms with E-state index in [0.29, 0.717) is 17.2 Å². The smallest absolute Gasteiger partial charge is 0.153 e. The maximum atomic E-state index is 13.1. The molecule has 0 fully saturated rings. The molecule has 0 aliphatic heterocycles. The molecule has 0 spiro atoms. The molecular weight excluding hydrogens is 217 g/mol. The Balaban J connectivity index is 2.38. The Morgan fingerprint density at radius 1 is 1.18 bits per heavy atom. The average Bonchev–Trinajstić information content (AvgIpc) is 2.30. The van der Waals surface area contributed by atoms with Crippen molar-refractivity contribution in [3.63, 3.8) is 0 Å². The second kappa shape index (κ2) is 4.41. The van der Waals surface area contributed by atoms with Crippen LogP contribution in [0.1, 0.15) is 11.1 Å². The molecule has 2 rings (SSSR count). The Hall–Kier alpha value is -2.10. The van der Waals surface area contributed by atoms with Crippen molar-refractivity contribution >= 4 is 17.2 Å². The molecule has 3 nitrogen and oxygen atoms in total. The highest BCUT2D eigenvalue weighted by Crippen LogP contribution is 2.25. The van der Waals surface area contributed by atoms with E-state index < -0.39 is 0 Å². The summed E-state index contributed by atoms with van der Waals surface area (Å²) < 4.78 is 13.1. The number of pyridine rings is 1. The normalized spacial score (nSPS) is 10.3. The lowest BCUT2D eigenvalue weighted by molar-refractivity contribution is 0.628. The predicted octanol–water partition coefficient (Wildman–Crippen LogP) is 3.16. The molecular formula is C13H14FN3. The quantitative estimate of drug-likeness (QED) is 0.834. The number of nitrogens with two attached hydrogens (primary N) is 1. The minimum absolute atomic E-state index is 0.288. The van der Waals surface area contributed by atoms with Gasteiger partial charge in [0, 0.05) is 11.9 Å². The molecule has 17 heavy (non-hydrogen) atoms. The molecule has 0 saturated carbocycles. The Morgan fingerprint density at radius 3 is 2.71 bits per heavy atom. The molecule has 0 atom stereocenters. The number of hydrogen-bond acceptors (Lipinski definition) is 3. The highest BCUT2D eigenvalue weighted by atomic mass is 19.1. The van der Waals surface area contributed by atoms with Crippen molar-refractivity contribution in [2.24, 2.45) is 0 Å². The molecule has 3 N–H and O–H groups in total. The number of nitrogens with one attached hydrogen (secondary N) is 1. The lowest BCUT2D eigenvalue weighted by Gasteiger charge is -2.12. The van der Waals surface area contributed by atoms with Crippen molar-refractivity contribution in [1.82, 2.24) is 4.98 Å². The Kier molecular flexibility index (Phi) is 2.95. The van der Waals surface area contributed by atoms with Gasteiger partial charge in [0.25, 0.3) is 0 Å². The van der Waals surface area contributed by atoms with Crippen molar-refractivity contribution < 1.29 is 4.39 Å². The molecule has 88 valence electrons. The maximum absolute atomic E-state index is 13.1. The molecule has 0 unspecified atom stereocenters. The van der Waals surface area contributed by atoms with E-state index in [2.05, 4.69) is 10.3 Å². The summed E-state index contributed by atoms with van der Waals surface area (Å²) in [5.74, 6) is 0.267. The molecule has 0 radical (unpaired) electrons. The van der Waals surface area contributed by atoms with Crippen LogP contribution in [-0.4, -0.2) is 4.98 Å². The van der Waals surface area contributed by atoms with Crippen LogP contribution in [0.3, 0.4) is 0 Å². The van der Waals surface area contributed by atoms with E-state index in [1.165, 1.54) is 12.1 Å². The van der Waals surface area contributed by atoms with Crippen molar-refractivity contribution in [3.05, 3.63) is 47.4 Å². The summed E-state index contributed by atoms with van der Waals surface area (Å²) >= 11 is 0. The Bertz CT molecular complexity index is 552. The van der Waals surface area contributed by atoms with E-state index in [1.807, 2.05) is 19.9 Å². The van der Waals surface area contributed by atoms with Gasteiger partial charge in [-0.05, 0) is 43.2 Å². The lowest BCUT2D eigenvalue weighted by atomic mass is 10.2. The molecule has 1 heterocycles. The van der Waals surface area contributed by atoms with Gasteiger partial charge < -0.3 is 11.1 Å². The SMILES string of the molecule is Cc1ccc(F)cc1Nc1nccc(C)c1N. The van der Waals surface area contributed by atoms with Crippen molar-refractivity contribution in [2.75, 3.05) is 11.1 Å². The van der Waals surface area contributed by atoms with E-state index in [4.69, 9.17) is 5.73 Å². The Labute approximate surface area is 99.5 Å². The highest BCUT2D eigenvalue weighted by molar-refractivity contribution is 5.72. The van der Waals surface area contributed by atoms with Crippen molar-refractivity contribution in [1.29, 1.82) is 0 Å². The molecule has 0 aliphatic rings. The average molecular weight is 231 g/mol. The van der Waals surface area contributed by atoms with Gasteiger partial charge in [-0.2, -0.15) is 0 Å². The molecule has 1 aromatic carbocycles. The van der Waals surface area contributed by atoms with Gasteiger partial charge in [-0.3, -0.25) is 0 Å². The number of aryl methyl sites for hydroxylation is 2. The zero-order valence-electron chi connectivity index (χ0n) is 9.79. The summed E-state index contributed by atoms with van der Waals surface area (Å²) in [6.07, 6.45) is 1.67. The van der Waals surface area contributed by atoms with Gasteiger partial charge >= 0.3 is 0 Å². The lowest BCUT2D eigenvalue weighted by Crippen LogP contribution is -2.02. The number of aromatic nitrogens is 1. The molecule has 0 amide bonds. The van der Waals surface area contributed by atoms with Gasteiger partial charge in [0.15, 0.2) is 5.82 Å². The van der Waals surface area contributed by atoms with Crippen LogP contribution < -0.4 is 11.1 Å². The fraction of sp³-hybridized carbons (Fsp3) is 0.154. The molecule has 0 saturated heterocycles. The van der Waals surface area contributed by atoms with Crippen LogP contribution in [-0.2, 0) is 0 Å². The molecule has 0 aliphatic carbocycles. The zero-order chi connectivity index (χ0) is 12.4. The maximum Gasteiger partial charge on any atom is 0.153 e. The van der Waals surface area contributed by atoms with Crippen LogP contribution in [0.25, 0.3) is 0 Å². The number of nitrogen functional groups attached to an aromatic ring is 1. The number of nitrogens with zero attached hydrogens (tertiary/aromatic N) is 1. The van der Waals surface area contributed by atoms with Crippen LogP contribution in [0.2, 0.25) is 0 Å². The third-order valence-corrected chi connectivity index (χ3v) is 2.66. The largest absolute Gasteiger partial charge is 0.396 e. The monoisotopic (exact) mass is 231 g/mol. The fourth-order valence-corrected chi connectivity index (χ4v) is 1.53. The predicted molar refractivity (Wildman–Crippen MR) is 67.8 cm³/mol. The van der Waals surface area contributed by atoms with E-state index in [1.54, 1.807) is 12.3 Å². The second-order valence-electron chi connectivity index (χ2n) is 3.97. The summed E-state index contributed by atoms with van der Waals surface area (Å²) in [6.45, 7) is 3.80. The fourth-order valence-electron chi connectivity index (χ4n) is 1.53. The van der Waals surface area contributed by atoms with E-state index in [0.717, 1.165) is 11.1 Å². The second-order valence-corrected chi connectivity index (χ2v) is 3.97. The van der Waals surface area contributed by atoms with Gasteiger partial charge in [-0.1, -0.05) is 6.07 Å². The number of rotatable bonds is 2. The van der Waals surface area contributed by atoms with Gasteiger partial charge in [-0.25, -0.2) is 9.37 Å². The molecule has 4 heteroatoms. The van der Waals surface area contributed by atoms with Gasteiger partial charge in [0.05, 0.1) is 5.69 Å². The standard InChI is InChI=1S/C13H14FN3/c1-8-3-4-10(14)7-11(8)17-13-12(15)9(2)5-6-16-13/h3-7H,15H2,1-2H3,(H,16,17). The number of halogens is 1. The first-order valence-corrected chi connectivity index (χ1v) is 5.32. The summed E-state index contributed by atoms with van der Waals surface area (Å²) in [4.78, 5) is 4.15. The first-order valence-electron chi connectivity index (χ1n) is 5.32. The van der Waals surface area contributed by atoms with Crippen LogP contribution in [0, 0.1) is 19.7 Å². The molecule has 1 aromatic heterocycles. The first kappa shape index (κ1) is 11.4. The molecule has 0 bridgehead atoms. The minimum Gasteiger partial charge on any atom is -0.396 e. The zero-order valence-corrected chi connectivity index (χ0v) is 9.79. The van der Waals surface area contributed by atoms with Gasteiger partial charge in [-0.15, -0.1) is 0 Å². The van der Waals surface area contributed by atoms with Crippen LogP contribution in [0.5, 0.6) is 0 Å². The van der Waals surface area contributed by atoms with E-state index >= 15 is 0 Å². The number of benzene rings is 1. The van der Waals surface area contributed by atoms with Gasteiger partial charge in [0.2, 0.25) is 0 Å². The summed E-state index contributed by atoms with van der Waals surface area (Å²) in [5, 5.41) is 3.05. The van der Waals surface area contributed by atoms with Gasteiger partial charge in [0.1, 0.15) is 5.82 Å². The van der Waals surface area contributed by atoms with E-state index in [9.17, 15) is 4.39 Å². The number of hydrogen-bond donors (Lipinski definition) is 2. The van der Waals surface area contributed by atoms with Crippen LogP contribution in [0.4, 0.5) is 21.6 Å². The van der Waals surface area contributed by atoms with E-state index in [-0.39, 0.29) is 5.82 Å². The van der Waals surface area contributed by atoms with Crippen molar-refractivity contribution in [3.8, 4) is 0 Å². The Morgan fingerprint density at radius 2 is 1.94 bits per heavy atom. The summed E-state index contributed by atoms with van der Waals surface area (Å²) in [5.41, 5.74) is 9.04. The number of anilines is 3. The van der Waals surface area contributed by atoms with Crippen molar-refractivity contribution in [2.45, 2.75) is 13.8 Å². The minimum atomic E-state index is -0.288. The topological polar surface area (TPSA) is 50.9 Å². The van der Waals surface area contributed by atoms with Crippen LogP contribution in [0.15, 0.2) is 30.5 Å². The third-order valence-electron chi connectivity index (χ3n) is 2.66. The molecule has 2 aromatic rings. The summed E-state index contributed by atoms with van der Waals surface area (Å²) in [6, 6.07) is 6.40. The first-order chi connectivity index (χ1) is 8.08. The summed E-state index contributed by atoms with van der Waals surface area (Å²) in [7, 11) is 0.